The Labute approximate surface area is 117 Å². The third kappa shape index (κ3) is 2.21. The molecule has 1 aromatic heterocycles. The predicted octanol–water partition coefficient (Wildman–Crippen LogP) is 3.44. The lowest BCUT2D eigenvalue weighted by molar-refractivity contribution is 1.14. The van der Waals surface area contributed by atoms with Crippen molar-refractivity contribution < 1.29 is 0 Å². The normalized spacial score (nSPS) is 10.3. The second-order valence-corrected chi connectivity index (χ2v) is 6.21. The molecule has 6 heteroatoms. The summed E-state index contributed by atoms with van der Waals surface area (Å²) < 4.78 is 3.25. The number of aromatic nitrogens is 1. The first-order chi connectivity index (χ1) is 8.72. The van der Waals surface area contributed by atoms with Crippen molar-refractivity contribution >= 4 is 50.8 Å². The van der Waals surface area contributed by atoms with Crippen molar-refractivity contribution in [1.29, 1.82) is 5.26 Å². The highest BCUT2D eigenvalue weighted by Gasteiger charge is 2.14. The van der Waals surface area contributed by atoms with Crippen LogP contribution in [0.5, 0.6) is 0 Å². The second-order valence-electron chi connectivity index (χ2n) is 3.33. The number of hydrogen-bond donors (Lipinski definition) is 0. The van der Waals surface area contributed by atoms with Crippen LogP contribution in [-0.4, -0.2) is 17.1 Å². The van der Waals surface area contributed by atoms with Gasteiger partial charge in [-0.3, -0.25) is 9.36 Å². The Morgan fingerprint density at radius 2 is 2.00 bits per heavy atom. The molecule has 0 radical (unpaired) electrons. The fraction of sp³-hybridized carbons (Fsp3) is 0.167. The standard InChI is InChI=1S/C12H10N2OS3/c1-16-11(17-2)9(7-13)14-8-5-3-4-6-10(8)18-12(14)15/h3-6H,1-2H3. The van der Waals surface area contributed by atoms with Crippen molar-refractivity contribution in [2.45, 2.75) is 0 Å². The summed E-state index contributed by atoms with van der Waals surface area (Å²) in [5, 5.41) is 9.32. The van der Waals surface area contributed by atoms with Crippen LogP contribution in [0.3, 0.4) is 0 Å². The summed E-state index contributed by atoms with van der Waals surface area (Å²) in [4.78, 5) is 11.9. The Balaban J connectivity index is 2.82. The molecule has 0 aliphatic rings. The average molecular weight is 294 g/mol. The van der Waals surface area contributed by atoms with Crippen LogP contribution in [0.1, 0.15) is 0 Å². The zero-order valence-electron chi connectivity index (χ0n) is 9.84. The summed E-state index contributed by atoms with van der Waals surface area (Å²) in [5.41, 5.74) is 1.21. The van der Waals surface area contributed by atoms with E-state index < -0.39 is 0 Å². The monoisotopic (exact) mass is 294 g/mol. The second kappa shape index (κ2) is 5.65. The number of rotatable bonds is 3. The van der Waals surface area contributed by atoms with E-state index in [-0.39, 0.29) is 4.87 Å². The first-order valence-electron chi connectivity index (χ1n) is 5.06. The van der Waals surface area contributed by atoms with Crippen molar-refractivity contribution in [1.82, 2.24) is 4.57 Å². The van der Waals surface area contributed by atoms with Crippen molar-refractivity contribution in [2.24, 2.45) is 0 Å². The van der Waals surface area contributed by atoms with E-state index in [0.29, 0.717) is 5.70 Å². The lowest BCUT2D eigenvalue weighted by Crippen LogP contribution is -2.11. The lowest BCUT2D eigenvalue weighted by Gasteiger charge is -2.06. The summed E-state index contributed by atoms with van der Waals surface area (Å²) >= 11 is 4.13. The van der Waals surface area contributed by atoms with Crippen LogP contribution >= 0.6 is 34.9 Å². The van der Waals surface area contributed by atoms with Gasteiger partial charge in [-0.15, -0.1) is 23.5 Å². The average Bonchev–Trinajstić information content (AvgIpc) is 2.72. The Morgan fingerprint density at radius 1 is 1.33 bits per heavy atom. The fourth-order valence-electron chi connectivity index (χ4n) is 1.64. The van der Waals surface area contributed by atoms with E-state index in [1.54, 1.807) is 0 Å². The molecule has 2 rings (SSSR count). The van der Waals surface area contributed by atoms with E-state index in [2.05, 4.69) is 6.07 Å². The summed E-state index contributed by atoms with van der Waals surface area (Å²) in [6.45, 7) is 0. The van der Waals surface area contributed by atoms with Gasteiger partial charge in [0.1, 0.15) is 11.8 Å². The first kappa shape index (κ1) is 13.3. The van der Waals surface area contributed by atoms with Crippen LogP contribution in [0.15, 0.2) is 33.3 Å². The van der Waals surface area contributed by atoms with Gasteiger partial charge in [-0.25, -0.2) is 0 Å². The van der Waals surface area contributed by atoms with E-state index in [9.17, 15) is 10.1 Å². The highest BCUT2D eigenvalue weighted by Crippen LogP contribution is 2.31. The molecule has 3 nitrogen and oxygen atoms in total. The van der Waals surface area contributed by atoms with E-state index in [1.165, 1.54) is 28.1 Å². The lowest BCUT2D eigenvalue weighted by atomic mass is 10.3. The Hall–Kier alpha value is -1.16. The molecule has 0 aliphatic heterocycles. The molecule has 2 aromatic rings. The highest BCUT2D eigenvalue weighted by atomic mass is 32.2. The molecule has 0 saturated carbocycles. The highest BCUT2D eigenvalue weighted by molar-refractivity contribution is 8.21. The molecular formula is C12H10N2OS3. The number of nitriles is 1. The molecule has 0 saturated heterocycles. The van der Waals surface area contributed by atoms with Gasteiger partial charge in [-0.05, 0) is 24.6 Å². The minimum atomic E-state index is -0.117. The van der Waals surface area contributed by atoms with Crippen molar-refractivity contribution in [3.05, 3.63) is 38.2 Å². The fourth-order valence-corrected chi connectivity index (χ4v) is 3.85. The minimum absolute atomic E-state index is 0.117. The maximum absolute atomic E-state index is 12.1. The van der Waals surface area contributed by atoms with Crippen LogP contribution in [0.4, 0.5) is 0 Å². The Morgan fingerprint density at radius 3 is 2.61 bits per heavy atom. The zero-order chi connectivity index (χ0) is 13.1. The molecule has 0 aliphatic carbocycles. The van der Waals surface area contributed by atoms with Gasteiger partial charge in [0.05, 0.1) is 14.5 Å². The molecule has 0 fully saturated rings. The van der Waals surface area contributed by atoms with Gasteiger partial charge >= 0.3 is 4.87 Å². The van der Waals surface area contributed by atoms with E-state index >= 15 is 0 Å². The predicted molar refractivity (Wildman–Crippen MR) is 81.9 cm³/mol. The van der Waals surface area contributed by atoms with Gasteiger partial charge in [0.25, 0.3) is 0 Å². The number of benzene rings is 1. The van der Waals surface area contributed by atoms with Gasteiger partial charge < -0.3 is 0 Å². The number of fused-ring (bicyclic) bond motifs is 1. The van der Waals surface area contributed by atoms with Crippen molar-refractivity contribution in [3.63, 3.8) is 0 Å². The van der Waals surface area contributed by atoms with Gasteiger partial charge in [-0.1, -0.05) is 23.5 Å². The summed E-state index contributed by atoms with van der Waals surface area (Å²) in [6.07, 6.45) is 3.81. The first-order valence-corrected chi connectivity index (χ1v) is 8.32. The van der Waals surface area contributed by atoms with Crippen LogP contribution in [0.2, 0.25) is 0 Å². The molecule has 0 atom stereocenters. The van der Waals surface area contributed by atoms with E-state index in [4.69, 9.17) is 0 Å². The number of para-hydroxylation sites is 1. The molecule has 1 heterocycles. The Kier molecular flexibility index (Phi) is 4.17. The van der Waals surface area contributed by atoms with Crippen LogP contribution in [-0.2, 0) is 0 Å². The molecule has 0 bridgehead atoms. The quantitative estimate of drug-likeness (QED) is 0.814. The van der Waals surface area contributed by atoms with Gasteiger partial charge in [0.15, 0.2) is 0 Å². The summed E-state index contributed by atoms with van der Waals surface area (Å²) in [6, 6.07) is 9.67. The summed E-state index contributed by atoms with van der Waals surface area (Å²) in [5.74, 6) is 0. The van der Waals surface area contributed by atoms with E-state index in [0.717, 1.165) is 25.8 Å². The molecule has 0 amide bonds. The maximum atomic E-state index is 12.1. The number of thiazole rings is 1. The maximum Gasteiger partial charge on any atom is 0.313 e. The minimum Gasteiger partial charge on any atom is -0.256 e. The van der Waals surface area contributed by atoms with Gasteiger partial charge in [0.2, 0.25) is 0 Å². The van der Waals surface area contributed by atoms with Crippen molar-refractivity contribution in [2.75, 3.05) is 12.5 Å². The number of thioether (sulfide) groups is 2. The van der Waals surface area contributed by atoms with Crippen LogP contribution in [0, 0.1) is 11.3 Å². The molecule has 92 valence electrons. The number of hydrogen-bond acceptors (Lipinski definition) is 5. The molecule has 1 aromatic carbocycles. The molecule has 0 unspecified atom stereocenters. The molecular weight excluding hydrogens is 284 g/mol. The largest absolute Gasteiger partial charge is 0.313 e. The molecule has 0 N–H and O–H groups in total. The smallest absolute Gasteiger partial charge is 0.256 e. The van der Waals surface area contributed by atoms with Crippen LogP contribution < -0.4 is 4.87 Å². The zero-order valence-corrected chi connectivity index (χ0v) is 12.3. The number of allylic oxidation sites excluding steroid dienone is 1. The van der Waals surface area contributed by atoms with Gasteiger partial charge in [0, 0.05) is 0 Å². The molecule has 0 spiro atoms. The third-order valence-corrected chi connectivity index (χ3v) is 5.43. The van der Waals surface area contributed by atoms with Crippen LogP contribution in [0.25, 0.3) is 15.9 Å². The Bertz CT molecular complexity index is 700. The summed E-state index contributed by atoms with van der Waals surface area (Å²) in [7, 11) is 0. The number of nitrogens with zero attached hydrogens (tertiary/aromatic N) is 2. The SMILES string of the molecule is CSC(SC)=C(C#N)n1c(=O)sc2ccccc21. The topological polar surface area (TPSA) is 45.8 Å². The molecule has 18 heavy (non-hydrogen) atoms. The van der Waals surface area contributed by atoms with E-state index in [1.807, 2.05) is 36.8 Å². The van der Waals surface area contributed by atoms with Gasteiger partial charge in [-0.2, -0.15) is 5.26 Å². The van der Waals surface area contributed by atoms with Crippen molar-refractivity contribution in [3.8, 4) is 6.07 Å². The third-order valence-electron chi connectivity index (χ3n) is 2.38.